The smallest absolute Gasteiger partial charge is 0.410 e. The lowest BCUT2D eigenvalue weighted by atomic mass is 10.2. The molecule has 0 aliphatic carbocycles. The average molecular weight is 372 g/mol. The highest BCUT2D eigenvalue weighted by molar-refractivity contribution is 6.33. The Morgan fingerprint density at radius 1 is 1.24 bits per heavy atom. The molecule has 0 radical (unpaired) electrons. The molecule has 0 bridgehead atoms. The molecule has 0 aromatic heterocycles. The van der Waals surface area contributed by atoms with Crippen LogP contribution in [-0.2, 0) is 9.53 Å². The van der Waals surface area contributed by atoms with Crippen LogP contribution in [0.2, 0.25) is 5.02 Å². The maximum atomic E-state index is 13.0. The molecule has 1 saturated heterocycles. The molecule has 138 valence electrons. The fourth-order valence-corrected chi connectivity index (χ4v) is 2.61. The van der Waals surface area contributed by atoms with Crippen molar-refractivity contribution in [2.45, 2.75) is 26.4 Å². The van der Waals surface area contributed by atoms with Gasteiger partial charge in [-0.25, -0.2) is 9.18 Å². The molecule has 0 unspecified atom stereocenters. The van der Waals surface area contributed by atoms with Crippen LogP contribution in [0.5, 0.6) is 0 Å². The Morgan fingerprint density at radius 3 is 2.44 bits per heavy atom. The number of rotatable bonds is 3. The van der Waals surface area contributed by atoms with Gasteiger partial charge in [-0.05, 0) is 39.0 Å². The van der Waals surface area contributed by atoms with E-state index < -0.39 is 11.4 Å². The van der Waals surface area contributed by atoms with Gasteiger partial charge in [0.25, 0.3) is 0 Å². The van der Waals surface area contributed by atoms with Gasteiger partial charge in [-0.2, -0.15) is 0 Å². The second-order valence-corrected chi connectivity index (χ2v) is 7.32. The van der Waals surface area contributed by atoms with Crippen molar-refractivity contribution in [1.29, 1.82) is 0 Å². The van der Waals surface area contributed by atoms with E-state index in [4.69, 9.17) is 16.3 Å². The lowest BCUT2D eigenvalue weighted by Gasteiger charge is -2.35. The van der Waals surface area contributed by atoms with Crippen molar-refractivity contribution in [3.63, 3.8) is 0 Å². The van der Waals surface area contributed by atoms with Gasteiger partial charge in [-0.15, -0.1) is 0 Å². The number of nitrogens with one attached hydrogen (secondary N) is 1. The predicted octanol–water partition coefficient (Wildman–Crippen LogP) is 2.97. The minimum atomic E-state index is -0.525. The lowest BCUT2D eigenvalue weighted by molar-refractivity contribution is -0.117. The van der Waals surface area contributed by atoms with Crippen molar-refractivity contribution in [1.82, 2.24) is 9.80 Å². The number of halogens is 2. The Balaban J connectivity index is 1.79. The molecule has 1 aromatic rings. The molecular formula is C17H23ClFN3O3. The van der Waals surface area contributed by atoms with Gasteiger partial charge >= 0.3 is 6.09 Å². The van der Waals surface area contributed by atoms with E-state index in [0.29, 0.717) is 31.9 Å². The van der Waals surface area contributed by atoms with Crippen LogP contribution in [0.4, 0.5) is 14.9 Å². The summed E-state index contributed by atoms with van der Waals surface area (Å²) in [5, 5.41) is 2.82. The molecule has 1 aliphatic heterocycles. The molecule has 0 saturated carbocycles. The number of hydrogen-bond acceptors (Lipinski definition) is 4. The van der Waals surface area contributed by atoms with E-state index in [1.165, 1.54) is 12.1 Å². The fourth-order valence-electron chi connectivity index (χ4n) is 2.40. The molecule has 2 amide bonds. The zero-order valence-electron chi connectivity index (χ0n) is 14.6. The number of ether oxygens (including phenoxy) is 1. The van der Waals surface area contributed by atoms with Crippen molar-refractivity contribution in [3.8, 4) is 0 Å². The maximum absolute atomic E-state index is 13.0. The van der Waals surface area contributed by atoms with Crippen molar-refractivity contribution >= 4 is 29.3 Å². The molecular weight excluding hydrogens is 349 g/mol. The van der Waals surface area contributed by atoms with Gasteiger partial charge in [-0.1, -0.05) is 11.6 Å². The molecule has 1 N–H and O–H groups in total. The highest BCUT2D eigenvalue weighted by Crippen LogP contribution is 2.22. The van der Waals surface area contributed by atoms with Crippen molar-refractivity contribution < 1.29 is 18.7 Å². The maximum Gasteiger partial charge on any atom is 0.410 e. The molecule has 1 heterocycles. The first kappa shape index (κ1) is 19.5. The van der Waals surface area contributed by atoms with Crippen LogP contribution in [0.3, 0.4) is 0 Å². The van der Waals surface area contributed by atoms with Gasteiger partial charge in [0.1, 0.15) is 11.4 Å². The predicted molar refractivity (Wildman–Crippen MR) is 94.3 cm³/mol. The summed E-state index contributed by atoms with van der Waals surface area (Å²) in [6, 6.07) is 3.81. The summed E-state index contributed by atoms with van der Waals surface area (Å²) >= 11 is 5.90. The van der Waals surface area contributed by atoms with Gasteiger partial charge in [0.05, 0.1) is 17.3 Å². The van der Waals surface area contributed by atoms with E-state index in [2.05, 4.69) is 5.32 Å². The Kier molecular flexibility index (Phi) is 6.24. The van der Waals surface area contributed by atoms with Gasteiger partial charge in [0.2, 0.25) is 5.91 Å². The Bertz CT molecular complexity index is 641. The average Bonchev–Trinajstić information content (AvgIpc) is 2.49. The number of benzene rings is 1. The molecule has 2 rings (SSSR count). The van der Waals surface area contributed by atoms with E-state index in [0.717, 1.165) is 6.07 Å². The van der Waals surface area contributed by atoms with Crippen LogP contribution in [0.25, 0.3) is 0 Å². The van der Waals surface area contributed by atoms with E-state index >= 15 is 0 Å². The third-order valence-electron chi connectivity index (χ3n) is 3.60. The van der Waals surface area contributed by atoms with Gasteiger partial charge in [0.15, 0.2) is 0 Å². The summed E-state index contributed by atoms with van der Waals surface area (Å²) in [7, 11) is 0. The number of hydrogen-bond donors (Lipinski definition) is 1. The van der Waals surface area contributed by atoms with Crippen molar-refractivity contribution in [3.05, 3.63) is 29.0 Å². The van der Waals surface area contributed by atoms with Gasteiger partial charge in [-0.3, -0.25) is 9.69 Å². The molecule has 6 nitrogen and oxygen atoms in total. The van der Waals surface area contributed by atoms with Crippen molar-refractivity contribution in [2.24, 2.45) is 0 Å². The lowest BCUT2D eigenvalue weighted by Crippen LogP contribution is -2.51. The first-order chi connectivity index (χ1) is 11.6. The van der Waals surface area contributed by atoms with Gasteiger partial charge < -0.3 is 15.0 Å². The minimum Gasteiger partial charge on any atom is -0.444 e. The Morgan fingerprint density at radius 2 is 1.88 bits per heavy atom. The molecule has 0 atom stereocenters. The van der Waals surface area contributed by atoms with Crippen molar-refractivity contribution in [2.75, 3.05) is 38.0 Å². The highest BCUT2D eigenvalue weighted by Gasteiger charge is 2.26. The molecule has 8 heteroatoms. The monoisotopic (exact) mass is 371 g/mol. The summed E-state index contributed by atoms with van der Waals surface area (Å²) in [4.78, 5) is 27.7. The number of nitrogens with zero attached hydrogens (tertiary/aromatic N) is 2. The molecule has 25 heavy (non-hydrogen) atoms. The van der Waals surface area contributed by atoms with Crippen LogP contribution in [0, 0.1) is 5.82 Å². The first-order valence-electron chi connectivity index (χ1n) is 8.09. The SMILES string of the molecule is CC(C)(C)OC(=O)N1CCN(CC(=O)Nc2ccc(F)cc2Cl)CC1. The van der Waals surface area contributed by atoms with Crippen LogP contribution in [-0.4, -0.2) is 60.1 Å². The molecule has 0 spiro atoms. The topological polar surface area (TPSA) is 61.9 Å². The molecule has 1 aliphatic rings. The largest absolute Gasteiger partial charge is 0.444 e. The summed E-state index contributed by atoms with van der Waals surface area (Å²) < 4.78 is 18.4. The number of amides is 2. The van der Waals surface area contributed by atoms with Crippen LogP contribution in [0.1, 0.15) is 20.8 Å². The Labute approximate surface area is 151 Å². The molecule has 1 aromatic carbocycles. The quantitative estimate of drug-likeness (QED) is 0.887. The first-order valence-corrected chi connectivity index (χ1v) is 8.47. The van der Waals surface area contributed by atoms with Crippen LogP contribution < -0.4 is 5.32 Å². The number of carbonyl (C=O) groups is 2. The summed E-state index contributed by atoms with van der Waals surface area (Å²) in [6.45, 7) is 7.80. The normalized spacial score (nSPS) is 15.8. The third-order valence-corrected chi connectivity index (χ3v) is 3.91. The summed E-state index contributed by atoms with van der Waals surface area (Å²) in [5.74, 6) is -0.694. The van der Waals surface area contributed by atoms with E-state index in [9.17, 15) is 14.0 Å². The van der Waals surface area contributed by atoms with E-state index in [1.807, 2.05) is 25.7 Å². The van der Waals surface area contributed by atoms with Gasteiger partial charge in [0, 0.05) is 26.2 Å². The standard InChI is InChI=1S/C17H23ClFN3O3/c1-17(2,3)25-16(24)22-8-6-21(7-9-22)11-15(23)20-14-5-4-12(19)10-13(14)18/h4-5,10H,6-9,11H2,1-3H3,(H,20,23). The highest BCUT2D eigenvalue weighted by atomic mass is 35.5. The Hall–Kier alpha value is -1.86. The zero-order chi connectivity index (χ0) is 18.6. The summed E-state index contributed by atoms with van der Waals surface area (Å²) in [6.07, 6.45) is -0.338. The second-order valence-electron chi connectivity index (χ2n) is 6.92. The van der Waals surface area contributed by atoms with Crippen LogP contribution >= 0.6 is 11.6 Å². The molecule has 1 fully saturated rings. The second kappa shape index (κ2) is 8.01. The minimum absolute atomic E-state index is 0.156. The summed E-state index contributed by atoms with van der Waals surface area (Å²) in [5.41, 5.74) is -0.150. The number of carbonyl (C=O) groups excluding carboxylic acids is 2. The zero-order valence-corrected chi connectivity index (χ0v) is 15.4. The van der Waals surface area contributed by atoms with Crippen LogP contribution in [0.15, 0.2) is 18.2 Å². The third kappa shape index (κ3) is 6.17. The van der Waals surface area contributed by atoms with E-state index in [-0.39, 0.29) is 23.6 Å². The number of anilines is 1. The number of piperazine rings is 1. The fraction of sp³-hybridized carbons (Fsp3) is 0.529. The van der Waals surface area contributed by atoms with E-state index in [1.54, 1.807) is 4.90 Å².